The van der Waals surface area contributed by atoms with E-state index in [1.165, 1.54) is 19.1 Å². The Labute approximate surface area is 258 Å². The van der Waals surface area contributed by atoms with Crippen LogP contribution >= 0.6 is 0 Å². The van der Waals surface area contributed by atoms with Gasteiger partial charge in [-0.3, -0.25) is 14.4 Å². The normalized spacial score (nSPS) is 65.0. The number of hydrogen-bond donors (Lipinski definition) is 1. The summed E-state index contributed by atoms with van der Waals surface area (Å²) >= 11 is 0. The molecule has 5 fully saturated rings. The fourth-order valence-corrected chi connectivity index (χ4v) is 7.97. The molecule has 7 heteroatoms. The number of ketones is 2. The van der Waals surface area contributed by atoms with Gasteiger partial charge in [0.2, 0.25) is 5.78 Å². The van der Waals surface area contributed by atoms with E-state index in [1.807, 2.05) is 0 Å². The first-order valence-corrected chi connectivity index (χ1v) is 13.0. The van der Waals surface area contributed by atoms with Crippen molar-refractivity contribution in [3.63, 3.8) is 0 Å². The molecule has 6 rings (SSSR count). The first-order chi connectivity index (χ1) is 25.7. The van der Waals surface area contributed by atoms with Crippen molar-refractivity contribution in [3.05, 3.63) is 23.8 Å². The quantitative estimate of drug-likeness (QED) is 0.487. The molecule has 10 atom stereocenters. The lowest BCUT2D eigenvalue weighted by Crippen LogP contribution is -2.63. The summed E-state index contributed by atoms with van der Waals surface area (Å²) in [4.78, 5) is 40.5. The van der Waals surface area contributed by atoms with E-state index in [1.54, 1.807) is 6.92 Å². The van der Waals surface area contributed by atoms with Crippen LogP contribution in [0.1, 0.15) is 111 Å². The highest BCUT2D eigenvalue weighted by Crippen LogP contribution is 2.70. The van der Waals surface area contributed by atoms with Crippen LogP contribution in [-0.4, -0.2) is 53.3 Å². The molecule has 0 bridgehead atoms. The molecule has 1 unspecified atom stereocenters. The molecule has 0 amide bonds. The molecule has 39 heavy (non-hydrogen) atoms. The average molecular weight is 560 g/mol. The molecule has 1 heterocycles. The number of allylic oxidation sites excluding steroid dienone is 4. The highest BCUT2D eigenvalue weighted by atomic mass is 16.7. The number of hydrogen-bond acceptors (Lipinski definition) is 7. The number of ether oxygens (including phenoxy) is 3. The second kappa shape index (κ2) is 9.63. The van der Waals surface area contributed by atoms with Crippen molar-refractivity contribution in [2.75, 3.05) is 6.61 Å². The zero-order valence-electron chi connectivity index (χ0n) is 40.6. The van der Waals surface area contributed by atoms with E-state index in [2.05, 4.69) is 0 Å². The molecular formula is C32H44O7. The predicted octanol–water partition coefficient (Wildman–Crippen LogP) is 4.70. The van der Waals surface area contributed by atoms with Crippen LogP contribution in [0.3, 0.4) is 0 Å². The molecule has 5 aliphatic carbocycles. The van der Waals surface area contributed by atoms with Gasteiger partial charge in [-0.2, -0.15) is 0 Å². The van der Waals surface area contributed by atoms with Crippen molar-refractivity contribution in [1.29, 1.82) is 0 Å². The molecule has 7 nitrogen and oxygen atoms in total. The third-order valence-corrected chi connectivity index (χ3v) is 9.63. The molecule has 1 aliphatic heterocycles. The minimum absolute atomic E-state index is 0.103. The standard InChI is InChI=1S/C32H44O7/c1-18(2)28(36)37-17-25(35)32-26(38-29(39-32)19-8-6-5-7-9-19)15-23-22-11-10-20-14-21(33)12-13-30(20,3)27(22)24(34)16-31(23,32)4/h12-14,18-19,22-24,26-27,29,34H,5-11,15-17H2,1-4H3/t22-,23-,24-,26+,27+,29+,30-,31-,32+/m0/s1/i1D3,2D3,5D2,6D2,7D2,8D2,10D2,18D,19D,29D/t19?,22-,23-,24-,26+,27+,29+,30-,31-,32+. The Balaban J connectivity index is 1.50. The van der Waals surface area contributed by atoms with Crippen LogP contribution in [0.4, 0.5) is 0 Å². The summed E-state index contributed by atoms with van der Waals surface area (Å²) in [6.07, 6.45) is -22.6. The Kier molecular flexibility index (Phi) is 3.21. The molecule has 0 aromatic heterocycles. The van der Waals surface area contributed by atoms with E-state index in [0.717, 1.165) is 6.08 Å². The number of carbonyl (C=O) groups is 3. The van der Waals surface area contributed by atoms with Gasteiger partial charge in [-0.25, -0.2) is 0 Å². The van der Waals surface area contributed by atoms with Gasteiger partial charge in [0.05, 0.1) is 19.5 Å². The van der Waals surface area contributed by atoms with Crippen molar-refractivity contribution in [1.82, 2.24) is 0 Å². The zero-order chi connectivity index (χ0) is 44.5. The van der Waals surface area contributed by atoms with E-state index in [4.69, 9.17) is 37.5 Å². The van der Waals surface area contributed by atoms with Crippen LogP contribution in [0, 0.1) is 40.4 Å². The molecule has 0 aromatic rings. The molecular weight excluding hydrogens is 496 g/mol. The first kappa shape index (κ1) is 13.0. The van der Waals surface area contributed by atoms with Crippen LogP contribution in [0.25, 0.3) is 0 Å². The van der Waals surface area contributed by atoms with Gasteiger partial charge in [0.1, 0.15) is 0 Å². The number of fused-ring (bicyclic) bond motifs is 7. The molecule has 6 aliphatic rings. The predicted molar refractivity (Wildman–Crippen MR) is 143 cm³/mol. The van der Waals surface area contributed by atoms with Gasteiger partial charge in [-0.15, -0.1) is 0 Å². The highest BCUT2D eigenvalue weighted by molar-refractivity contribution is 6.01. The minimum atomic E-state index is -3.93. The lowest BCUT2D eigenvalue weighted by Gasteiger charge is -2.59. The number of carbonyl (C=O) groups excluding carboxylic acids is 3. The van der Waals surface area contributed by atoms with Gasteiger partial charge < -0.3 is 19.3 Å². The van der Waals surface area contributed by atoms with E-state index in [-0.39, 0.29) is 18.4 Å². The van der Waals surface area contributed by atoms with Crippen molar-refractivity contribution >= 4 is 17.5 Å². The van der Waals surface area contributed by atoms with Crippen molar-refractivity contribution < 1.29 is 59.7 Å². The van der Waals surface area contributed by atoms with Crippen LogP contribution in [0.15, 0.2) is 23.8 Å². The number of aliphatic hydroxyl groups is 1. The van der Waals surface area contributed by atoms with Crippen molar-refractivity contribution in [2.45, 2.75) is 109 Å². The summed E-state index contributed by atoms with van der Waals surface area (Å²) in [6, 6.07) is 0. The lowest BCUT2D eigenvalue weighted by molar-refractivity contribution is -0.210. The number of Topliss-reactive ketones (excluding diaryl/α,β-unsaturated/α-hetero) is 1. The fourth-order valence-electron chi connectivity index (χ4n) is 7.97. The summed E-state index contributed by atoms with van der Waals surface area (Å²) in [6.45, 7) is -6.22. The second-order valence-electron chi connectivity index (χ2n) is 11.5. The Bertz CT molecular complexity index is 1860. The Morgan fingerprint density at radius 1 is 1.31 bits per heavy atom. The zero-order valence-corrected chi connectivity index (χ0v) is 21.6. The number of aliphatic hydroxyl groups excluding tert-OH is 1. The van der Waals surface area contributed by atoms with Gasteiger partial charge in [0.15, 0.2) is 24.3 Å². The van der Waals surface area contributed by atoms with E-state index >= 15 is 0 Å². The monoisotopic (exact) mass is 559 g/mol. The maximum atomic E-state index is 14.9. The molecule has 0 aromatic carbocycles. The summed E-state index contributed by atoms with van der Waals surface area (Å²) in [7, 11) is 0. The Morgan fingerprint density at radius 3 is 2.92 bits per heavy atom. The van der Waals surface area contributed by atoms with E-state index < -0.39 is 147 Å². The van der Waals surface area contributed by atoms with Crippen LogP contribution in [0.2, 0.25) is 0 Å². The molecule has 0 radical (unpaired) electrons. The first-order valence-electron chi connectivity index (χ1n) is 22.5. The van der Waals surface area contributed by atoms with Crippen molar-refractivity contribution in [2.24, 2.45) is 40.4 Å². The van der Waals surface area contributed by atoms with Gasteiger partial charge in [-0.1, -0.05) is 58.3 Å². The smallest absolute Gasteiger partial charge is 0.308 e. The van der Waals surface area contributed by atoms with Crippen LogP contribution in [-0.2, 0) is 28.6 Å². The molecule has 0 spiro atoms. The average Bonchev–Trinajstić information content (AvgIpc) is 3.49. The second-order valence-corrected chi connectivity index (χ2v) is 11.5. The summed E-state index contributed by atoms with van der Waals surface area (Å²) in [5, 5.41) is 12.1. The van der Waals surface area contributed by atoms with Gasteiger partial charge in [0.25, 0.3) is 0 Å². The highest BCUT2D eigenvalue weighted by Gasteiger charge is 2.76. The summed E-state index contributed by atoms with van der Waals surface area (Å²) < 4.78 is 176. The van der Waals surface area contributed by atoms with E-state index in [0.29, 0.717) is 0 Å². The molecule has 1 saturated heterocycles. The van der Waals surface area contributed by atoms with Crippen molar-refractivity contribution in [3.8, 4) is 0 Å². The lowest BCUT2D eigenvalue weighted by atomic mass is 9.46. The third-order valence-electron chi connectivity index (χ3n) is 9.63. The topological polar surface area (TPSA) is 99.1 Å². The number of esters is 1. The third kappa shape index (κ3) is 3.97. The van der Waals surface area contributed by atoms with Crippen LogP contribution < -0.4 is 0 Å². The molecule has 1 N–H and O–H groups in total. The maximum Gasteiger partial charge on any atom is 0.308 e. The van der Waals surface area contributed by atoms with Gasteiger partial charge >= 0.3 is 5.97 Å². The Morgan fingerprint density at radius 2 is 2.13 bits per heavy atom. The summed E-state index contributed by atoms with van der Waals surface area (Å²) in [5.41, 5.74) is -5.79. The Hall–Kier alpha value is -1.83. The fraction of sp³-hybridized carbons (Fsp3) is 0.781. The minimum Gasteiger partial charge on any atom is -0.457 e. The molecule has 214 valence electrons. The maximum absolute atomic E-state index is 14.9. The summed E-state index contributed by atoms with van der Waals surface area (Å²) in [5.74, 6) is -14.2. The molecule has 4 saturated carbocycles. The SMILES string of the molecule is [2H]C1([2H])C[C@@H]2[C@H]([C@@H](O)C[C@@]3(C)[C@H]2C[C@H]2O[C@@]([2H])(C4([2H])CC([2H])([2H])C([2H])([2H])C([2H])([2H])C4([2H])[2H])O[C@]23C(=O)COC(=O)C([2H])(C([2H])([2H])[2H])C([2H])([2H])[2H])[C@@]2(C)C=CC(=O)C=C12. The van der Waals surface area contributed by atoms with E-state index in [9.17, 15) is 22.2 Å². The number of rotatable bonds is 5. The largest absolute Gasteiger partial charge is 0.457 e. The van der Waals surface area contributed by atoms with Crippen LogP contribution in [0.5, 0.6) is 0 Å². The van der Waals surface area contributed by atoms with Gasteiger partial charge in [-0.05, 0) is 62.4 Å². The van der Waals surface area contributed by atoms with Gasteiger partial charge in [0, 0.05) is 47.3 Å².